The van der Waals surface area contributed by atoms with Crippen LogP contribution in [0.15, 0.2) is 0 Å². The zero-order valence-electron chi connectivity index (χ0n) is 10.2. The van der Waals surface area contributed by atoms with Crippen LogP contribution in [0.2, 0.25) is 18.1 Å². The van der Waals surface area contributed by atoms with Crippen molar-refractivity contribution >= 4 is 14.2 Å². The Hall–Kier alpha value is -0.353. The van der Waals surface area contributed by atoms with Crippen molar-refractivity contribution in [3.63, 3.8) is 0 Å². The maximum atomic E-state index is 11.2. The fourth-order valence-electron chi connectivity index (χ4n) is 0.770. The molecule has 1 N–H and O–H groups in total. The standard InChI is InChI=1S/C10H23NO2Si/c1-7-13-9(12)8-11-14(5,6)10(2,3)4/h11H,7-8H2,1-6H3. The first-order valence-electron chi connectivity index (χ1n) is 5.11. The average molecular weight is 217 g/mol. The highest BCUT2D eigenvalue weighted by atomic mass is 28.3. The normalized spacial score (nSPS) is 12.7. The van der Waals surface area contributed by atoms with Gasteiger partial charge < -0.3 is 9.72 Å². The van der Waals surface area contributed by atoms with Gasteiger partial charge in [0.2, 0.25) is 0 Å². The van der Waals surface area contributed by atoms with Gasteiger partial charge in [0, 0.05) is 0 Å². The number of ether oxygens (including phenoxy) is 1. The summed E-state index contributed by atoms with van der Waals surface area (Å²) in [6, 6.07) is 0. The Balaban J connectivity index is 4.06. The van der Waals surface area contributed by atoms with Crippen LogP contribution in [-0.2, 0) is 9.53 Å². The molecule has 0 saturated carbocycles. The molecule has 0 aliphatic heterocycles. The first-order valence-corrected chi connectivity index (χ1v) is 8.11. The minimum Gasteiger partial charge on any atom is -0.465 e. The first-order chi connectivity index (χ1) is 6.20. The van der Waals surface area contributed by atoms with Crippen LogP contribution in [0.5, 0.6) is 0 Å². The number of esters is 1. The zero-order chi connectivity index (χ0) is 11.4. The van der Waals surface area contributed by atoms with Gasteiger partial charge in [0.15, 0.2) is 0 Å². The number of hydrogen-bond acceptors (Lipinski definition) is 3. The first kappa shape index (κ1) is 13.6. The zero-order valence-corrected chi connectivity index (χ0v) is 11.2. The molecule has 0 rings (SSSR count). The topological polar surface area (TPSA) is 38.3 Å². The second kappa shape index (κ2) is 4.93. The van der Waals surface area contributed by atoms with Gasteiger partial charge in [-0.3, -0.25) is 4.79 Å². The second-order valence-corrected chi connectivity index (χ2v) is 10.1. The lowest BCUT2D eigenvalue weighted by molar-refractivity contribution is -0.141. The number of nitrogens with one attached hydrogen (secondary N) is 1. The highest BCUT2D eigenvalue weighted by Gasteiger charge is 2.35. The van der Waals surface area contributed by atoms with Gasteiger partial charge in [-0.1, -0.05) is 33.9 Å². The number of hydrogen-bond donors (Lipinski definition) is 1. The van der Waals surface area contributed by atoms with E-state index in [1.54, 1.807) is 0 Å². The van der Waals surface area contributed by atoms with E-state index in [4.69, 9.17) is 4.74 Å². The van der Waals surface area contributed by atoms with Crippen molar-refractivity contribution in [1.82, 2.24) is 4.98 Å². The van der Waals surface area contributed by atoms with Crippen molar-refractivity contribution in [3.8, 4) is 0 Å². The molecule has 0 unspecified atom stereocenters. The predicted octanol–water partition coefficient (Wildman–Crippen LogP) is 2.14. The Morgan fingerprint density at radius 1 is 1.36 bits per heavy atom. The van der Waals surface area contributed by atoms with Gasteiger partial charge in [0.05, 0.1) is 13.2 Å². The summed E-state index contributed by atoms with van der Waals surface area (Å²) in [7, 11) is -1.55. The molecule has 14 heavy (non-hydrogen) atoms. The summed E-state index contributed by atoms with van der Waals surface area (Å²) >= 11 is 0. The summed E-state index contributed by atoms with van der Waals surface area (Å²) in [6.45, 7) is 13.7. The Morgan fingerprint density at radius 3 is 2.21 bits per heavy atom. The molecule has 84 valence electrons. The van der Waals surface area contributed by atoms with Crippen molar-refractivity contribution < 1.29 is 9.53 Å². The van der Waals surface area contributed by atoms with E-state index in [0.29, 0.717) is 13.2 Å². The van der Waals surface area contributed by atoms with Crippen LogP contribution in [0.1, 0.15) is 27.7 Å². The Bertz CT molecular complexity index is 197. The molecule has 0 aliphatic carbocycles. The number of carbonyl (C=O) groups excluding carboxylic acids is 1. The molecule has 4 heteroatoms. The van der Waals surface area contributed by atoms with Gasteiger partial charge in [-0.15, -0.1) is 0 Å². The van der Waals surface area contributed by atoms with E-state index in [1.807, 2.05) is 6.92 Å². The minimum atomic E-state index is -1.55. The molecular weight excluding hydrogens is 194 g/mol. The van der Waals surface area contributed by atoms with Crippen LogP contribution in [0.25, 0.3) is 0 Å². The molecule has 0 fully saturated rings. The van der Waals surface area contributed by atoms with Crippen LogP contribution < -0.4 is 4.98 Å². The summed E-state index contributed by atoms with van der Waals surface area (Å²) in [5.74, 6) is -0.155. The molecule has 0 aromatic carbocycles. The Morgan fingerprint density at radius 2 is 1.86 bits per heavy atom. The van der Waals surface area contributed by atoms with E-state index in [-0.39, 0.29) is 11.0 Å². The lowest BCUT2D eigenvalue weighted by Crippen LogP contribution is -2.53. The molecule has 0 atom stereocenters. The third-order valence-corrected chi connectivity index (χ3v) is 7.67. The summed E-state index contributed by atoms with van der Waals surface area (Å²) in [4.78, 5) is 14.5. The highest BCUT2D eigenvalue weighted by molar-refractivity contribution is 6.77. The van der Waals surface area contributed by atoms with Crippen LogP contribution >= 0.6 is 0 Å². The predicted molar refractivity (Wildman–Crippen MR) is 61.8 cm³/mol. The number of rotatable bonds is 4. The van der Waals surface area contributed by atoms with Gasteiger partial charge in [-0.05, 0) is 12.0 Å². The van der Waals surface area contributed by atoms with Crippen molar-refractivity contribution in [2.45, 2.75) is 45.8 Å². The maximum Gasteiger partial charge on any atom is 0.319 e. The van der Waals surface area contributed by atoms with E-state index >= 15 is 0 Å². The third kappa shape index (κ3) is 4.24. The molecule has 0 amide bonds. The van der Waals surface area contributed by atoms with Gasteiger partial charge in [-0.25, -0.2) is 0 Å². The largest absolute Gasteiger partial charge is 0.465 e. The van der Waals surface area contributed by atoms with Crippen LogP contribution in [0, 0.1) is 0 Å². The van der Waals surface area contributed by atoms with Gasteiger partial charge >= 0.3 is 5.97 Å². The van der Waals surface area contributed by atoms with Crippen LogP contribution in [0.3, 0.4) is 0 Å². The van der Waals surface area contributed by atoms with Gasteiger partial charge in [0.1, 0.15) is 8.24 Å². The fraction of sp³-hybridized carbons (Fsp3) is 0.900. The highest BCUT2D eigenvalue weighted by Crippen LogP contribution is 2.33. The molecule has 3 nitrogen and oxygen atoms in total. The van der Waals surface area contributed by atoms with Gasteiger partial charge in [-0.2, -0.15) is 0 Å². The Labute approximate surface area is 88.3 Å². The summed E-state index contributed by atoms with van der Waals surface area (Å²) in [5, 5.41) is 0.249. The molecular formula is C10H23NO2Si. The minimum absolute atomic E-state index is 0.155. The van der Waals surface area contributed by atoms with E-state index in [2.05, 4.69) is 38.8 Å². The van der Waals surface area contributed by atoms with E-state index in [9.17, 15) is 4.79 Å². The lowest BCUT2D eigenvalue weighted by Gasteiger charge is -2.37. The Kier molecular flexibility index (Phi) is 4.81. The maximum absolute atomic E-state index is 11.2. The quantitative estimate of drug-likeness (QED) is 0.579. The summed E-state index contributed by atoms with van der Waals surface area (Å²) in [5.41, 5.74) is 0. The smallest absolute Gasteiger partial charge is 0.319 e. The lowest BCUT2D eigenvalue weighted by atomic mass is 10.2. The van der Waals surface area contributed by atoms with E-state index < -0.39 is 8.24 Å². The van der Waals surface area contributed by atoms with Crippen LogP contribution in [0.4, 0.5) is 0 Å². The molecule has 0 aliphatic rings. The second-order valence-electron chi connectivity index (χ2n) is 5.03. The monoisotopic (exact) mass is 217 g/mol. The third-order valence-electron chi connectivity index (χ3n) is 2.85. The van der Waals surface area contributed by atoms with Crippen molar-refractivity contribution in [2.24, 2.45) is 0 Å². The van der Waals surface area contributed by atoms with Crippen molar-refractivity contribution in [3.05, 3.63) is 0 Å². The van der Waals surface area contributed by atoms with Crippen molar-refractivity contribution in [1.29, 1.82) is 0 Å². The van der Waals surface area contributed by atoms with E-state index in [0.717, 1.165) is 0 Å². The summed E-state index contributed by atoms with van der Waals surface area (Å²) < 4.78 is 4.87. The number of carbonyl (C=O) groups is 1. The summed E-state index contributed by atoms with van der Waals surface area (Å²) in [6.07, 6.45) is 0. The molecule has 0 aromatic heterocycles. The molecule has 0 spiro atoms. The molecule has 0 heterocycles. The van der Waals surface area contributed by atoms with Gasteiger partial charge in [0.25, 0.3) is 0 Å². The average Bonchev–Trinajstić information content (AvgIpc) is 1.99. The molecule has 0 bridgehead atoms. The van der Waals surface area contributed by atoms with Crippen molar-refractivity contribution in [2.75, 3.05) is 13.2 Å². The van der Waals surface area contributed by atoms with E-state index in [1.165, 1.54) is 0 Å². The SMILES string of the molecule is CCOC(=O)CN[Si](C)(C)C(C)(C)C. The molecule has 0 saturated heterocycles. The molecule has 0 aromatic rings. The molecule has 0 radical (unpaired) electrons. The van der Waals surface area contributed by atoms with Crippen LogP contribution in [-0.4, -0.2) is 27.4 Å². The fourth-order valence-corrected chi connectivity index (χ4v) is 1.89.